The molecule has 0 radical (unpaired) electrons. The normalized spacial score (nSPS) is 12.8. The zero-order valence-corrected chi connectivity index (χ0v) is 23.3. The topological polar surface area (TPSA) is 99.3 Å². The largest absolute Gasteiger partial charge is 0.373 e. The van der Waals surface area contributed by atoms with Gasteiger partial charge in [0.2, 0.25) is 5.91 Å². The highest BCUT2D eigenvalue weighted by molar-refractivity contribution is 6.00. The second-order valence-corrected chi connectivity index (χ2v) is 10.2. The summed E-state index contributed by atoms with van der Waals surface area (Å²) in [5, 5.41) is 11.8. The lowest BCUT2D eigenvalue weighted by molar-refractivity contribution is -0.130. The third kappa shape index (κ3) is 9.39. The average molecular weight is 517 g/mol. The molecule has 0 heterocycles. The van der Waals surface area contributed by atoms with Crippen molar-refractivity contribution in [2.75, 3.05) is 16.0 Å². The lowest BCUT2D eigenvalue weighted by Crippen LogP contribution is -2.43. The number of carbonyl (C=O) groups is 3. The van der Waals surface area contributed by atoms with E-state index in [4.69, 9.17) is 0 Å². The number of benzene rings is 2. The number of amides is 3. The molecule has 0 aliphatic rings. The van der Waals surface area contributed by atoms with Crippen LogP contribution in [0.4, 0.5) is 21.9 Å². The summed E-state index contributed by atoms with van der Waals surface area (Å²) in [5.74, 6) is -0.790. The number of para-hydroxylation sites is 1. The molecule has 0 fully saturated rings. The lowest BCUT2D eigenvalue weighted by atomic mass is 9.90. The molecule has 0 bridgehead atoms. The van der Waals surface area contributed by atoms with Crippen LogP contribution in [0.15, 0.2) is 85.0 Å². The van der Waals surface area contributed by atoms with Gasteiger partial charge in [-0.3, -0.25) is 9.59 Å². The van der Waals surface area contributed by atoms with E-state index in [1.54, 1.807) is 45.0 Å². The Morgan fingerprint density at radius 2 is 1.53 bits per heavy atom. The van der Waals surface area contributed by atoms with E-state index in [9.17, 15) is 14.4 Å². The van der Waals surface area contributed by atoms with Crippen molar-refractivity contribution in [3.05, 3.63) is 90.6 Å². The predicted octanol–water partition coefficient (Wildman–Crippen LogP) is 6.62. The van der Waals surface area contributed by atoms with E-state index in [2.05, 4.69) is 34.4 Å². The van der Waals surface area contributed by atoms with Crippen LogP contribution in [-0.2, 0) is 9.59 Å². The van der Waals surface area contributed by atoms with Gasteiger partial charge < -0.3 is 21.3 Å². The molecule has 38 heavy (non-hydrogen) atoms. The van der Waals surface area contributed by atoms with Crippen molar-refractivity contribution < 1.29 is 14.4 Å². The Bertz CT molecular complexity index is 1210. The highest BCUT2D eigenvalue weighted by atomic mass is 16.2. The molecule has 0 spiro atoms. The predicted molar refractivity (Wildman–Crippen MR) is 157 cm³/mol. The summed E-state index contributed by atoms with van der Waals surface area (Å²) in [6.07, 6.45) is 3.76. The Morgan fingerprint density at radius 3 is 2.13 bits per heavy atom. The second-order valence-electron chi connectivity index (χ2n) is 10.2. The number of carbonyl (C=O) groups excluding carboxylic acids is 3. The SMILES string of the molecule is C=C(C)/C=C/C(=C)C(C)NC(=O)C(C)CC(=O)C(C)(C)Nc1ccc(NC(=O)Nc2ccccc2C)cc1. The van der Waals surface area contributed by atoms with Crippen LogP contribution in [0.3, 0.4) is 0 Å². The first-order valence-electron chi connectivity index (χ1n) is 12.7. The van der Waals surface area contributed by atoms with Crippen molar-refractivity contribution in [3.63, 3.8) is 0 Å². The molecule has 0 aliphatic carbocycles. The molecule has 2 aromatic rings. The number of allylic oxidation sites excluding steroid dienone is 2. The minimum atomic E-state index is -0.898. The Kier molecular flexibility index (Phi) is 10.6. The third-order valence-corrected chi connectivity index (χ3v) is 6.13. The van der Waals surface area contributed by atoms with Crippen LogP contribution in [-0.4, -0.2) is 29.3 Å². The van der Waals surface area contributed by atoms with Gasteiger partial charge >= 0.3 is 6.03 Å². The van der Waals surface area contributed by atoms with Crippen LogP contribution in [0.25, 0.3) is 0 Å². The number of hydrogen-bond acceptors (Lipinski definition) is 4. The third-order valence-electron chi connectivity index (χ3n) is 6.13. The van der Waals surface area contributed by atoms with E-state index in [0.717, 1.165) is 28.1 Å². The number of aryl methyl sites for hydroxylation is 1. The van der Waals surface area contributed by atoms with Crippen LogP contribution >= 0.6 is 0 Å². The number of Topliss-reactive ketones (excluding diaryl/α,β-unsaturated/α-hetero) is 1. The van der Waals surface area contributed by atoms with Gasteiger partial charge in [-0.05, 0) is 76.1 Å². The van der Waals surface area contributed by atoms with Crippen molar-refractivity contribution in [1.29, 1.82) is 0 Å². The summed E-state index contributed by atoms with van der Waals surface area (Å²) >= 11 is 0. The summed E-state index contributed by atoms with van der Waals surface area (Å²) < 4.78 is 0. The van der Waals surface area contributed by atoms with E-state index in [0.29, 0.717) is 5.69 Å². The van der Waals surface area contributed by atoms with Crippen molar-refractivity contribution in [2.24, 2.45) is 5.92 Å². The van der Waals surface area contributed by atoms with E-state index in [-0.39, 0.29) is 30.2 Å². The quantitative estimate of drug-likeness (QED) is 0.238. The van der Waals surface area contributed by atoms with Crippen LogP contribution < -0.4 is 21.3 Å². The zero-order valence-electron chi connectivity index (χ0n) is 23.3. The smallest absolute Gasteiger partial charge is 0.323 e. The molecule has 7 heteroatoms. The molecule has 2 rings (SSSR count). The van der Waals surface area contributed by atoms with Gasteiger partial charge in [-0.1, -0.05) is 56.0 Å². The van der Waals surface area contributed by atoms with Gasteiger partial charge in [0.25, 0.3) is 0 Å². The fourth-order valence-corrected chi connectivity index (χ4v) is 3.53. The van der Waals surface area contributed by atoms with Crippen LogP contribution in [0.1, 0.15) is 46.6 Å². The Morgan fingerprint density at radius 1 is 0.921 bits per heavy atom. The first-order chi connectivity index (χ1) is 17.8. The number of ketones is 1. The summed E-state index contributed by atoms with van der Waals surface area (Å²) in [5.41, 5.74) is 3.80. The maximum atomic E-state index is 13.0. The molecule has 3 amide bonds. The standard InChI is InChI=1S/C31H40N4O3/c1-20(2)13-14-21(3)24(6)32-29(37)23(5)19-28(36)31(7,8)35-26-17-15-25(16-18-26)33-30(38)34-27-12-10-9-11-22(27)4/h9-18,23-24,35H,1,3,19H2,2,4-8H3,(H,32,37)(H2,33,34,38)/b14-13+. The Balaban J connectivity index is 1.90. The molecule has 2 aromatic carbocycles. The number of urea groups is 1. The van der Waals surface area contributed by atoms with Crippen molar-refractivity contribution in [2.45, 2.75) is 59.5 Å². The number of rotatable bonds is 12. The minimum absolute atomic E-state index is 0.0886. The Labute approximate surface area is 226 Å². The lowest BCUT2D eigenvalue weighted by Gasteiger charge is -2.27. The van der Waals surface area contributed by atoms with Crippen LogP contribution in [0.2, 0.25) is 0 Å². The van der Waals surface area contributed by atoms with E-state index >= 15 is 0 Å². The molecule has 7 nitrogen and oxygen atoms in total. The fraction of sp³-hybridized carbons (Fsp3) is 0.323. The van der Waals surface area contributed by atoms with Crippen molar-refractivity contribution >= 4 is 34.8 Å². The fourth-order valence-electron chi connectivity index (χ4n) is 3.53. The molecular formula is C31H40N4O3. The van der Waals surface area contributed by atoms with Gasteiger partial charge in [-0.25, -0.2) is 4.79 Å². The number of nitrogens with one attached hydrogen (secondary N) is 4. The van der Waals surface area contributed by atoms with Crippen molar-refractivity contribution in [3.8, 4) is 0 Å². The van der Waals surface area contributed by atoms with Gasteiger partial charge in [0.15, 0.2) is 5.78 Å². The van der Waals surface area contributed by atoms with Gasteiger partial charge in [-0.15, -0.1) is 0 Å². The number of hydrogen-bond donors (Lipinski definition) is 4. The molecule has 0 aromatic heterocycles. The summed E-state index contributed by atoms with van der Waals surface area (Å²) in [6.45, 7) is 18.8. The molecule has 202 valence electrons. The molecule has 2 atom stereocenters. The molecule has 0 saturated heterocycles. The molecule has 2 unspecified atom stereocenters. The zero-order chi connectivity index (χ0) is 28.5. The monoisotopic (exact) mass is 516 g/mol. The highest BCUT2D eigenvalue weighted by Gasteiger charge is 2.30. The Hall–Kier alpha value is -4.13. The summed E-state index contributed by atoms with van der Waals surface area (Å²) in [4.78, 5) is 38.1. The highest BCUT2D eigenvalue weighted by Crippen LogP contribution is 2.22. The van der Waals surface area contributed by atoms with Crippen LogP contribution in [0, 0.1) is 12.8 Å². The van der Waals surface area contributed by atoms with E-state index in [1.807, 2.05) is 57.2 Å². The minimum Gasteiger partial charge on any atom is -0.373 e. The van der Waals surface area contributed by atoms with Gasteiger partial charge in [0.1, 0.15) is 0 Å². The maximum absolute atomic E-state index is 13.0. The number of anilines is 3. The first-order valence-corrected chi connectivity index (χ1v) is 12.7. The van der Waals surface area contributed by atoms with Crippen molar-refractivity contribution in [1.82, 2.24) is 5.32 Å². The second kappa shape index (κ2) is 13.4. The molecule has 0 aliphatic heterocycles. The molecule has 4 N–H and O–H groups in total. The molecular weight excluding hydrogens is 476 g/mol. The maximum Gasteiger partial charge on any atom is 0.323 e. The van der Waals surface area contributed by atoms with Gasteiger partial charge in [0, 0.05) is 29.4 Å². The summed E-state index contributed by atoms with van der Waals surface area (Å²) in [6, 6.07) is 14.0. The molecule has 0 saturated carbocycles. The van der Waals surface area contributed by atoms with E-state index < -0.39 is 11.5 Å². The van der Waals surface area contributed by atoms with E-state index in [1.165, 1.54) is 0 Å². The first kappa shape index (κ1) is 30.1. The summed E-state index contributed by atoms with van der Waals surface area (Å²) in [7, 11) is 0. The average Bonchev–Trinajstić information content (AvgIpc) is 2.84. The van der Waals surface area contributed by atoms with Crippen LogP contribution in [0.5, 0.6) is 0 Å². The van der Waals surface area contributed by atoms with Gasteiger partial charge in [-0.2, -0.15) is 0 Å². The van der Waals surface area contributed by atoms with Gasteiger partial charge in [0.05, 0.1) is 11.6 Å².